The lowest BCUT2D eigenvalue weighted by Gasteiger charge is -2.16. The zero-order valence-corrected chi connectivity index (χ0v) is 11.9. The van der Waals surface area contributed by atoms with Crippen molar-refractivity contribution in [1.82, 2.24) is 4.90 Å². The number of halogens is 3. The van der Waals surface area contributed by atoms with Crippen LogP contribution in [0.3, 0.4) is 0 Å². The molecule has 2 rings (SSSR count). The Bertz CT molecular complexity index is 568. The summed E-state index contributed by atoms with van der Waals surface area (Å²) in [6, 6.07) is 1.46. The zero-order chi connectivity index (χ0) is 14.9. The Kier molecular flexibility index (Phi) is 4.32. The first kappa shape index (κ1) is 14.8. The monoisotopic (exact) mass is 348 g/mol. The Balaban J connectivity index is 2.35. The molecule has 0 saturated carbocycles. The van der Waals surface area contributed by atoms with Crippen molar-refractivity contribution in [3.63, 3.8) is 0 Å². The van der Waals surface area contributed by atoms with E-state index in [1.165, 1.54) is 4.90 Å². The third kappa shape index (κ3) is 2.65. The predicted molar refractivity (Wildman–Crippen MR) is 70.8 cm³/mol. The highest BCUT2D eigenvalue weighted by molar-refractivity contribution is 9.09. The molecule has 0 aromatic heterocycles. The number of nitro groups is 1. The van der Waals surface area contributed by atoms with Crippen LogP contribution in [0, 0.1) is 27.7 Å². The molecule has 1 aliphatic rings. The fourth-order valence-corrected chi connectivity index (χ4v) is 2.71. The number of amides is 1. The van der Waals surface area contributed by atoms with Crippen molar-refractivity contribution < 1.29 is 18.5 Å². The minimum Gasteiger partial charge on any atom is -0.338 e. The molecule has 1 amide bonds. The van der Waals surface area contributed by atoms with Crippen molar-refractivity contribution in [2.45, 2.75) is 6.42 Å². The Morgan fingerprint density at radius 3 is 2.75 bits per heavy atom. The maximum atomic E-state index is 13.9. The summed E-state index contributed by atoms with van der Waals surface area (Å²) in [6.07, 6.45) is 0.731. The molecule has 1 atom stereocenters. The minimum absolute atomic E-state index is 0.226. The van der Waals surface area contributed by atoms with Gasteiger partial charge in [0.1, 0.15) is 11.4 Å². The second-order valence-electron chi connectivity index (χ2n) is 4.57. The van der Waals surface area contributed by atoms with Gasteiger partial charge in [-0.2, -0.15) is 4.39 Å². The quantitative estimate of drug-likeness (QED) is 0.479. The third-order valence-corrected chi connectivity index (χ3v) is 4.19. The van der Waals surface area contributed by atoms with Crippen LogP contribution >= 0.6 is 15.9 Å². The van der Waals surface area contributed by atoms with Gasteiger partial charge in [-0.1, -0.05) is 15.9 Å². The van der Waals surface area contributed by atoms with Gasteiger partial charge in [-0.05, 0) is 18.4 Å². The zero-order valence-electron chi connectivity index (χ0n) is 10.3. The van der Waals surface area contributed by atoms with Gasteiger partial charge in [-0.15, -0.1) is 0 Å². The number of likely N-dealkylation sites (tertiary alicyclic amines) is 1. The van der Waals surface area contributed by atoms with Gasteiger partial charge in [-0.25, -0.2) is 4.39 Å². The summed E-state index contributed by atoms with van der Waals surface area (Å²) in [6.45, 7) is 0.766. The second-order valence-corrected chi connectivity index (χ2v) is 5.22. The van der Waals surface area contributed by atoms with E-state index in [1.807, 2.05) is 0 Å². The molecule has 1 aromatic rings. The van der Waals surface area contributed by atoms with E-state index < -0.39 is 33.7 Å². The molecule has 0 spiro atoms. The molecule has 1 unspecified atom stereocenters. The molecular weight excluding hydrogens is 338 g/mol. The first-order valence-corrected chi connectivity index (χ1v) is 7.05. The van der Waals surface area contributed by atoms with Gasteiger partial charge >= 0.3 is 5.69 Å². The Morgan fingerprint density at radius 1 is 1.50 bits per heavy atom. The molecule has 20 heavy (non-hydrogen) atoms. The highest BCUT2D eigenvalue weighted by atomic mass is 79.9. The van der Waals surface area contributed by atoms with E-state index in [2.05, 4.69) is 15.9 Å². The van der Waals surface area contributed by atoms with Crippen LogP contribution < -0.4 is 0 Å². The summed E-state index contributed by atoms with van der Waals surface area (Å²) < 4.78 is 27.6. The number of nitro benzene ring substituents is 1. The summed E-state index contributed by atoms with van der Waals surface area (Å²) in [4.78, 5) is 23.1. The normalized spacial score (nSPS) is 18.4. The molecule has 1 heterocycles. The summed E-state index contributed by atoms with van der Waals surface area (Å²) in [5.41, 5.74) is -1.75. The standard InChI is InChI=1S/C12H11BrF2N2O3/c13-5-7-3-4-16(6-7)12(18)10-8(14)1-2-9(11(10)15)17(19)20/h1-2,7H,3-6H2. The number of hydrogen-bond donors (Lipinski definition) is 0. The smallest absolute Gasteiger partial charge is 0.305 e. The minimum atomic E-state index is -1.41. The molecule has 1 aromatic carbocycles. The Labute approximate surface area is 121 Å². The Hall–Kier alpha value is -1.57. The molecule has 0 N–H and O–H groups in total. The number of rotatable bonds is 3. The van der Waals surface area contributed by atoms with Gasteiger partial charge in [0.05, 0.1) is 4.92 Å². The van der Waals surface area contributed by atoms with Crippen LogP contribution in [0.5, 0.6) is 0 Å². The average molecular weight is 349 g/mol. The van der Waals surface area contributed by atoms with E-state index in [4.69, 9.17) is 0 Å². The highest BCUT2D eigenvalue weighted by Crippen LogP contribution is 2.27. The number of nitrogens with zero attached hydrogens (tertiary/aromatic N) is 2. The van der Waals surface area contributed by atoms with E-state index in [9.17, 15) is 23.7 Å². The summed E-state index contributed by atoms with van der Waals surface area (Å²) in [5, 5.41) is 11.3. The summed E-state index contributed by atoms with van der Waals surface area (Å²) in [7, 11) is 0. The van der Waals surface area contributed by atoms with Crippen molar-refractivity contribution in [3.8, 4) is 0 Å². The Morgan fingerprint density at radius 2 is 2.20 bits per heavy atom. The average Bonchev–Trinajstić information content (AvgIpc) is 2.86. The van der Waals surface area contributed by atoms with Crippen LogP contribution in [0.25, 0.3) is 0 Å². The van der Waals surface area contributed by atoms with Crippen LogP contribution in [-0.2, 0) is 0 Å². The lowest BCUT2D eigenvalue weighted by Crippen LogP contribution is -2.30. The number of carbonyl (C=O) groups is 1. The van der Waals surface area contributed by atoms with E-state index in [0.29, 0.717) is 24.5 Å². The first-order valence-electron chi connectivity index (χ1n) is 5.93. The highest BCUT2D eigenvalue weighted by Gasteiger charge is 2.32. The topological polar surface area (TPSA) is 63.4 Å². The van der Waals surface area contributed by atoms with E-state index in [1.54, 1.807) is 0 Å². The van der Waals surface area contributed by atoms with Crippen LogP contribution in [0.15, 0.2) is 12.1 Å². The molecule has 0 radical (unpaired) electrons. The molecule has 0 bridgehead atoms. The van der Waals surface area contributed by atoms with Crippen LogP contribution in [-0.4, -0.2) is 34.2 Å². The molecular formula is C12H11BrF2N2O3. The predicted octanol–water partition coefficient (Wildman–Crippen LogP) is 2.73. The van der Waals surface area contributed by atoms with E-state index >= 15 is 0 Å². The number of benzene rings is 1. The van der Waals surface area contributed by atoms with Crippen LogP contribution in [0.4, 0.5) is 14.5 Å². The third-order valence-electron chi connectivity index (χ3n) is 3.27. The summed E-state index contributed by atoms with van der Waals surface area (Å²) in [5.74, 6) is -3.11. The van der Waals surface area contributed by atoms with Gasteiger partial charge in [-0.3, -0.25) is 14.9 Å². The molecule has 1 aliphatic heterocycles. The molecule has 8 heteroatoms. The maximum Gasteiger partial charge on any atom is 0.305 e. The van der Waals surface area contributed by atoms with Crippen molar-refractivity contribution in [3.05, 3.63) is 39.4 Å². The van der Waals surface area contributed by atoms with Crippen molar-refractivity contribution in [2.24, 2.45) is 5.92 Å². The fraction of sp³-hybridized carbons (Fsp3) is 0.417. The molecule has 5 nitrogen and oxygen atoms in total. The van der Waals surface area contributed by atoms with Gasteiger partial charge in [0.25, 0.3) is 5.91 Å². The van der Waals surface area contributed by atoms with Crippen molar-refractivity contribution >= 4 is 27.5 Å². The van der Waals surface area contributed by atoms with Gasteiger partial charge in [0.2, 0.25) is 5.82 Å². The maximum absolute atomic E-state index is 13.9. The van der Waals surface area contributed by atoms with Gasteiger partial charge in [0, 0.05) is 24.5 Å². The lowest BCUT2D eigenvalue weighted by atomic mass is 10.1. The molecule has 1 fully saturated rings. The number of alkyl halides is 1. The van der Waals surface area contributed by atoms with Gasteiger partial charge < -0.3 is 4.90 Å². The number of hydrogen-bond acceptors (Lipinski definition) is 3. The number of carbonyl (C=O) groups excluding carboxylic acids is 1. The molecule has 0 aliphatic carbocycles. The fourth-order valence-electron chi connectivity index (χ4n) is 2.18. The van der Waals surface area contributed by atoms with Gasteiger partial charge in [0.15, 0.2) is 0 Å². The van der Waals surface area contributed by atoms with Crippen molar-refractivity contribution in [2.75, 3.05) is 18.4 Å². The largest absolute Gasteiger partial charge is 0.338 e. The van der Waals surface area contributed by atoms with Crippen LogP contribution in [0.1, 0.15) is 16.8 Å². The van der Waals surface area contributed by atoms with E-state index in [-0.39, 0.29) is 5.92 Å². The van der Waals surface area contributed by atoms with Crippen molar-refractivity contribution in [1.29, 1.82) is 0 Å². The SMILES string of the molecule is O=C(c1c(F)ccc([N+](=O)[O-])c1F)N1CCC(CBr)C1. The lowest BCUT2D eigenvalue weighted by molar-refractivity contribution is -0.387. The summed E-state index contributed by atoms with van der Waals surface area (Å²) >= 11 is 3.29. The van der Waals surface area contributed by atoms with Crippen LogP contribution in [0.2, 0.25) is 0 Å². The molecule has 108 valence electrons. The van der Waals surface area contributed by atoms with E-state index in [0.717, 1.165) is 12.5 Å². The second kappa shape index (κ2) is 5.82. The molecule has 1 saturated heterocycles. The first-order chi connectivity index (χ1) is 9.45.